The van der Waals surface area contributed by atoms with E-state index >= 15 is 0 Å². The summed E-state index contributed by atoms with van der Waals surface area (Å²) in [4.78, 5) is 13.2. The number of pyridine rings is 1. The lowest BCUT2D eigenvalue weighted by Gasteiger charge is -2.11. The van der Waals surface area contributed by atoms with Gasteiger partial charge in [0.25, 0.3) is 0 Å². The predicted octanol–water partition coefficient (Wildman–Crippen LogP) is 6.43. The van der Waals surface area contributed by atoms with E-state index in [9.17, 15) is 8.78 Å². The van der Waals surface area contributed by atoms with Crippen molar-refractivity contribution in [2.24, 2.45) is 4.99 Å². The summed E-state index contributed by atoms with van der Waals surface area (Å²) < 4.78 is 33.5. The highest BCUT2D eigenvalue weighted by atomic mass is 19.1. The number of aliphatic imine (C=N–C) groups is 1. The van der Waals surface area contributed by atoms with Gasteiger partial charge in [0.1, 0.15) is 11.5 Å². The third kappa shape index (κ3) is 3.97. The quantitative estimate of drug-likeness (QED) is 0.500. The first-order valence-corrected chi connectivity index (χ1v) is 9.70. The number of halogens is 2. The SMILES string of the molecule is CC1=Nc2cc(-c3ncc(F)cc3-c3cnc(CCC(C)(C)F)o3)ccc2C1C. The van der Waals surface area contributed by atoms with Crippen LogP contribution in [0.4, 0.5) is 14.5 Å². The molecule has 3 aromatic rings. The van der Waals surface area contributed by atoms with Crippen molar-refractivity contribution in [2.75, 3.05) is 0 Å². The number of aryl methyl sites for hydroxylation is 1. The molecule has 1 aromatic carbocycles. The van der Waals surface area contributed by atoms with Crippen molar-refractivity contribution >= 4 is 11.4 Å². The summed E-state index contributed by atoms with van der Waals surface area (Å²) in [5, 5.41) is 0. The highest BCUT2D eigenvalue weighted by Crippen LogP contribution is 2.39. The van der Waals surface area contributed by atoms with Gasteiger partial charge in [0, 0.05) is 29.2 Å². The molecular formula is C23H23F2N3O. The maximum atomic E-state index is 14.0. The number of hydrogen-bond acceptors (Lipinski definition) is 4. The third-order valence-electron chi connectivity index (χ3n) is 5.30. The van der Waals surface area contributed by atoms with Crippen LogP contribution in [0, 0.1) is 5.82 Å². The van der Waals surface area contributed by atoms with Crippen molar-refractivity contribution < 1.29 is 13.2 Å². The Morgan fingerprint density at radius 2 is 1.93 bits per heavy atom. The molecule has 0 radical (unpaired) electrons. The molecule has 1 unspecified atom stereocenters. The van der Waals surface area contributed by atoms with Crippen LogP contribution in [-0.4, -0.2) is 21.3 Å². The van der Waals surface area contributed by atoms with Crippen LogP contribution in [0.3, 0.4) is 0 Å². The zero-order chi connectivity index (χ0) is 20.8. The number of nitrogens with zero attached hydrogens (tertiary/aromatic N) is 3. The van der Waals surface area contributed by atoms with Gasteiger partial charge in [0.15, 0.2) is 11.7 Å². The van der Waals surface area contributed by atoms with E-state index in [2.05, 4.69) is 21.9 Å². The Labute approximate surface area is 168 Å². The van der Waals surface area contributed by atoms with Crippen LogP contribution in [0.1, 0.15) is 51.5 Å². The van der Waals surface area contributed by atoms with Gasteiger partial charge >= 0.3 is 0 Å². The van der Waals surface area contributed by atoms with E-state index in [1.54, 1.807) is 0 Å². The molecule has 0 saturated carbocycles. The van der Waals surface area contributed by atoms with Gasteiger partial charge in [-0.3, -0.25) is 9.98 Å². The molecule has 6 heteroatoms. The standard InChI is InChI=1S/C23H23F2N3O/c1-13-14(2)28-19-9-15(5-6-17(13)19)22-18(10-16(24)11-27-22)20-12-26-21(29-20)7-8-23(3,4)25/h5-6,9-13H,7-8H2,1-4H3. The number of alkyl halides is 1. The van der Waals surface area contributed by atoms with Crippen LogP contribution < -0.4 is 0 Å². The molecule has 0 bridgehead atoms. The molecule has 1 aliphatic rings. The summed E-state index contributed by atoms with van der Waals surface area (Å²) in [6, 6.07) is 7.36. The first-order valence-electron chi connectivity index (χ1n) is 9.70. The number of fused-ring (bicyclic) bond motifs is 1. The van der Waals surface area contributed by atoms with Gasteiger partial charge in [-0.1, -0.05) is 19.1 Å². The molecule has 0 N–H and O–H groups in total. The van der Waals surface area contributed by atoms with E-state index in [0.717, 1.165) is 17.0 Å². The van der Waals surface area contributed by atoms with Gasteiger partial charge in [0.2, 0.25) is 0 Å². The van der Waals surface area contributed by atoms with Gasteiger partial charge in [-0.05, 0) is 44.9 Å². The number of oxazole rings is 1. The molecule has 0 aliphatic carbocycles. The fourth-order valence-corrected chi connectivity index (χ4v) is 3.48. The normalized spacial score (nSPS) is 16.1. The van der Waals surface area contributed by atoms with Gasteiger partial charge in [-0.2, -0.15) is 0 Å². The molecule has 0 spiro atoms. The zero-order valence-corrected chi connectivity index (χ0v) is 17.0. The Hall–Kier alpha value is -2.89. The second-order valence-electron chi connectivity index (χ2n) is 8.14. The monoisotopic (exact) mass is 395 g/mol. The molecule has 1 aliphatic heterocycles. The average molecular weight is 395 g/mol. The van der Waals surface area contributed by atoms with E-state index < -0.39 is 11.5 Å². The fraction of sp³-hybridized carbons (Fsp3) is 0.348. The van der Waals surface area contributed by atoms with E-state index in [4.69, 9.17) is 4.42 Å². The Kier molecular flexibility index (Phi) is 4.81. The minimum absolute atomic E-state index is 0.288. The molecular weight excluding hydrogens is 372 g/mol. The van der Waals surface area contributed by atoms with Crippen molar-refractivity contribution in [3.8, 4) is 22.6 Å². The van der Waals surface area contributed by atoms with Crippen molar-refractivity contribution in [1.29, 1.82) is 0 Å². The summed E-state index contributed by atoms with van der Waals surface area (Å²) in [6.07, 6.45) is 3.39. The molecule has 150 valence electrons. The minimum Gasteiger partial charge on any atom is -0.441 e. The van der Waals surface area contributed by atoms with Gasteiger partial charge < -0.3 is 4.42 Å². The van der Waals surface area contributed by atoms with Gasteiger partial charge in [-0.25, -0.2) is 13.8 Å². The highest BCUT2D eigenvalue weighted by Gasteiger charge is 2.22. The van der Waals surface area contributed by atoms with Crippen molar-refractivity contribution in [2.45, 2.75) is 52.1 Å². The summed E-state index contributed by atoms with van der Waals surface area (Å²) in [5.74, 6) is 0.655. The highest BCUT2D eigenvalue weighted by molar-refractivity contribution is 5.97. The first-order chi connectivity index (χ1) is 13.7. The van der Waals surface area contributed by atoms with E-state index in [-0.39, 0.29) is 5.92 Å². The number of aromatic nitrogens is 2. The number of rotatable bonds is 5. The second-order valence-corrected chi connectivity index (χ2v) is 8.14. The molecule has 29 heavy (non-hydrogen) atoms. The van der Waals surface area contributed by atoms with Crippen LogP contribution in [0.15, 0.2) is 46.1 Å². The number of benzene rings is 1. The zero-order valence-electron chi connectivity index (χ0n) is 17.0. The first kappa shape index (κ1) is 19.4. The van der Waals surface area contributed by atoms with Crippen LogP contribution in [0.5, 0.6) is 0 Å². The minimum atomic E-state index is -1.31. The van der Waals surface area contributed by atoms with Crippen LogP contribution in [0.2, 0.25) is 0 Å². The molecule has 0 amide bonds. The molecule has 4 nitrogen and oxygen atoms in total. The lowest BCUT2D eigenvalue weighted by molar-refractivity contribution is 0.197. The van der Waals surface area contributed by atoms with Crippen LogP contribution >= 0.6 is 0 Å². The topological polar surface area (TPSA) is 51.3 Å². The summed E-state index contributed by atoms with van der Waals surface area (Å²) in [7, 11) is 0. The molecule has 0 fully saturated rings. The van der Waals surface area contributed by atoms with Crippen molar-refractivity contribution in [1.82, 2.24) is 9.97 Å². The second kappa shape index (κ2) is 7.17. The van der Waals surface area contributed by atoms with Crippen molar-refractivity contribution in [3.05, 3.63) is 53.9 Å². The smallest absolute Gasteiger partial charge is 0.195 e. The van der Waals surface area contributed by atoms with Gasteiger partial charge in [0.05, 0.1) is 23.8 Å². The lowest BCUT2D eigenvalue weighted by Crippen LogP contribution is -2.12. The Bertz CT molecular complexity index is 1100. The maximum Gasteiger partial charge on any atom is 0.195 e. The number of hydrogen-bond donors (Lipinski definition) is 0. The Morgan fingerprint density at radius 3 is 2.69 bits per heavy atom. The van der Waals surface area contributed by atoms with E-state index in [1.165, 1.54) is 37.9 Å². The average Bonchev–Trinajstić information content (AvgIpc) is 3.24. The molecule has 4 rings (SSSR count). The lowest BCUT2D eigenvalue weighted by atomic mass is 9.96. The van der Waals surface area contributed by atoms with Gasteiger partial charge in [-0.15, -0.1) is 0 Å². The van der Waals surface area contributed by atoms with Crippen LogP contribution in [0.25, 0.3) is 22.6 Å². The summed E-state index contributed by atoms with van der Waals surface area (Å²) in [5.41, 5.74) is 3.77. The molecule has 0 saturated heterocycles. The third-order valence-corrected chi connectivity index (χ3v) is 5.30. The fourth-order valence-electron chi connectivity index (χ4n) is 3.48. The molecule has 2 aromatic heterocycles. The molecule has 3 heterocycles. The molecule has 1 atom stereocenters. The maximum absolute atomic E-state index is 14.0. The van der Waals surface area contributed by atoms with Crippen molar-refractivity contribution in [3.63, 3.8) is 0 Å². The predicted molar refractivity (Wildman–Crippen MR) is 110 cm³/mol. The van der Waals surface area contributed by atoms with E-state index in [1.807, 2.05) is 25.1 Å². The van der Waals surface area contributed by atoms with E-state index in [0.29, 0.717) is 35.7 Å². The summed E-state index contributed by atoms with van der Waals surface area (Å²) >= 11 is 0. The Balaban J connectivity index is 1.71. The van der Waals surface area contributed by atoms with Crippen LogP contribution in [-0.2, 0) is 6.42 Å². The summed E-state index contributed by atoms with van der Waals surface area (Å²) in [6.45, 7) is 7.18. The largest absolute Gasteiger partial charge is 0.441 e. The Morgan fingerprint density at radius 1 is 1.14 bits per heavy atom.